The molecule has 2 heterocycles. The Kier molecular flexibility index (Phi) is 4.21. The summed E-state index contributed by atoms with van der Waals surface area (Å²) in [7, 11) is 0. The van der Waals surface area contributed by atoms with Crippen molar-refractivity contribution >= 4 is 23.3 Å². The largest absolute Gasteiger partial charge is 0.322 e. The number of nitrogens with zero attached hydrogens (tertiary/aromatic N) is 2. The lowest BCUT2D eigenvalue weighted by atomic mass is 10.1. The molecule has 1 aromatic heterocycles. The fraction of sp³-hybridized carbons (Fsp3) is 0.190. The van der Waals surface area contributed by atoms with E-state index >= 15 is 0 Å². The van der Waals surface area contributed by atoms with Crippen LogP contribution in [0, 0.1) is 6.92 Å². The van der Waals surface area contributed by atoms with Gasteiger partial charge in [-0.2, -0.15) is 0 Å². The molecule has 0 unspecified atom stereocenters. The van der Waals surface area contributed by atoms with Gasteiger partial charge in [0.05, 0.1) is 29.0 Å². The number of amides is 2. The van der Waals surface area contributed by atoms with Gasteiger partial charge in [0, 0.05) is 11.9 Å². The van der Waals surface area contributed by atoms with Gasteiger partial charge in [0.25, 0.3) is 0 Å². The minimum atomic E-state index is -0.160. The monoisotopic (exact) mass is 365 g/mol. The zero-order valence-corrected chi connectivity index (χ0v) is 15.5. The molecule has 4 rings (SSSR count). The molecule has 26 heavy (non-hydrogen) atoms. The molecule has 0 spiro atoms. The lowest BCUT2D eigenvalue weighted by molar-refractivity contribution is 0.189. The minimum absolute atomic E-state index is 0.0679. The van der Waals surface area contributed by atoms with E-state index in [1.165, 1.54) is 0 Å². The first-order valence-electron chi connectivity index (χ1n) is 8.64. The van der Waals surface area contributed by atoms with E-state index in [1.807, 2.05) is 61.3 Å². The molecule has 0 bridgehead atoms. The quantitative estimate of drug-likeness (QED) is 0.603. The van der Waals surface area contributed by atoms with Gasteiger partial charge >= 0.3 is 6.03 Å². The molecule has 0 radical (unpaired) electrons. The van der Waals surface area contributed by atoms with E-state index in [2.05, 4.69) is 28.1 Å². The van der Waals surface area contributed by atoms with Crippen LogP contribution in [0.25, 0.3) is 5.69 Å². The first-order chi connectivity index (χ1) is 12.5. The van der Waals surface area contributed by atoms with Crippen molar-refractivity contribution in [2.24, 2.45) is 0 Å². The predicted octanol–water partition coefficient (Wildman–Crippen LogP) is 5.55. The van der Waals surface area contributed by atoms with Crippen molar-refractivity contribution in [2.45, 2.75) is 26.4 Å². The van der Waals surface area contributed by atoms with Crippen LogP contribution >= 0.6 is 11.6 Å². The van der Waals surface area contributed by atoms with E-state index in [0.717, 1.165) is 22.5 Å². The van der Waals surface area contributed by atoms with Crippen molar-refractivity contribution in [3.63, 3.8) is 0 Å². The van der Waals surface area contributed by atoms with E-state index in [9.17, 15) is 4.79 Å². The van der Waals surface area contributed by atoms with Gasteiger partial charge in [0.15, 0.2) is 0 Å². The molecule has 1 N–H and O–H groups in total. The molecule has 2 aromatic carbocycles. The van der Waals surface area contributed by atoms with Crippen molar-refractivity contribution in [2.75, 3.05) is 5.32 Å². The molecule has 0 aliphatic carbocycles. The number of halogens is 1. The number of urea groups is 1. The summed E-state index contributed by atoms with van der Waals surface area (Å²) < 4.78 is 2.16. The van der Waals surface area contributed by atoms with Crippen LogP contribution in [0.4, 0.5) is 10.5 Å². The van der Waals surface area contributed by atoms with Crippen LogP contribution < -0.4 is 5.32 Å². The molecule has 5 heteroatoms. The van der Waals surface area contributed by atoms with E-state index in [4.69, 9.17) is 11.6 Å². The predicted molar refractivity (Wildman–Crippen MR) is 105 cm³/mol. The van der Waals surface area contributed by atoms with E-state index in [-0.39, 0.29) is 12.1 Å². The lowest BCUT2D eigenvalue weighted by Gasteiger charge is -2.28. The molecule has 4 nitrogen and oxygen atoms in total. The summed E-state index contributed by atoms with van der Waals surface area (Å²) in [6.45, 7) is 4.56. The Morgan fingerprint density at radius 2 is 1.96 bits per heavy atom. The Labute approximate surface area is 158 Å². The average molecular weight is 366 g/mol. The number of benzene rings is 2. The second kappa shape index (κ2) is 6.54. The zero-order chi connectivity index (χ0) is 18.3. The normalized spacial score (nSPS) is 15.8. The summed E-state index contributed by atoms with van der Waals surface area (Å²) >= 11 is 6.29. The van der Waals surface area contributed by atoms with Gasteiger partial charge < -0.3 is 14.8 Å². The maximum Gasteiger partial charge on any atom is 0.322 e. The third kappa shape index (κ3) is 2.86. The van der Waals surface area contributed by atoms with Crippen molar-refractivity contribution < 1.29 is 4.79 Å². The van der Waals surface area contributed by atoms with E-state index in [0.29, 0.717) is 17.3 Å². The van der Waals surface area contributed by atoms with Crippen LogP contribution in [0.1, 0.15) is 29.8 Å². The molecule has 0 saturated heterocycles. The Morgan fingerprint density at radius 1 is 1.15 bits per heavy atom. The number of aromatic nitrogens is 1. The average Bonchev–Trinajstić information content (AvgIpc) is 3.07. The molecule has 0 fully saturated rings. The zero-order valence-electron chi connectivity index (χ0n) is 14.7. The highest BCUT2D eigenvalue weighted by Crippen LogP contribution is 2.32. The summed E-state index contributed by atoms with van der Waals surface area (Å²) in [6, 6.07) is 17.7. The Hall–Kier alpha value is -2.72. The number of hydrogen-bond acceptors (Lipinski definition) is 1. The molecular weight excluding hydrogens is 346 g/mol. The number of anilines is 1. The highest BCUT2D eigenvalue weighted by Gasteiger charge is 2.28. The molecule has 1 aliphatic heterocycles. The van der Waals surface area contributed by atoms with Gasteiger partial charge in [0.2, 0.25) is 0 Å². The smallest absolute Gasteiger partial charge is 0.318 e. The van der Waals surface area contributed by atoms with Crippen molar-refractivity contribution in [1.29, 1.82) is 0 Å². The molecule has 2 amide bonds. The number of rotatable bonds is 1. The topological polar surface area (TPSA) is 37.3 Å². The summed E-state index contributed by atoms with van der Waals surface area (Å²) in [5, 5.41) is 3.51. The summed E-state index contributed by atoms with van der Waals surface area (Å²) in [5.41, 5.74) is 4.99. The third-order valence-corrected chi connectivity index (χ3v) is 5.21. The fourth-order valence-corrected chi connectivity index (χ4v) is 3.75. The van der Waals surface area contributed by atoms with Crippen molar-refractivity contribution in [3.05, 3.63) is 82.6 Å². The Balaban J connectivity index is 1.70. The molecule has 3 aromatic rings. The van der Waals surface area contributed by atoms with Gasteiger partial charge in [-0.1, -0.05) is 35.9 Å². The Morgan fingerprint density at radius 3 is 2.77 bits per heavy atom. The number of aryl methyl sites for hydroxylation is 1. The van der Waals surface area contributed by atoms with Crippen molar-refractivity contribution in [3.8, 4) is 5.69 Å². The van der Waals surface area contributed by atoms with E-state index in [1.54, 1.807) is 0 Å². The van der Waals surface area contributed by atoms with Gasteiger partial charge in [0.1, 0.15) is 0 Å². The van der Waals surface area contributed by atoms with Crippen LogP contribution in [0.3, 0.4) is 0 Å². The second-order valence-corrected chi connectivity index (χ2v) is 7.06. The number of carbonyl (C=O) groups is 1. The summed E-state index contributed by atoms with van der Waals surface area (Å²) in [6.07, 6.45) is 2.04. The molecule has 132 valence electrons. The molecule has 1 atom stereocenters. The van der Waals surface area contributed by atoms with Crippen LogP contribution in [-0.2, 0) is 6.54 Å². The van der Waals surface area contributed by atoms with Crippen LogP contribution in [0.5, 0.6) is 0 Å². The second-order valence-electron chi connectivity index (χ2n) is 6.65. The number of nitrogens with one attached hydrogen (secondary N) is 1. The van der Waals surface area contributed by atoms with Gasteiger partial charge in [-0.25, -0.2) is 4.79 Å². The number of fused-ring (bicyclic) bond motifs is 3. The molecule has 1 aliphatic rings. The fourth-order valence-electron chi connectivity index (χ4n) is 3.47. The molecular formula is C21H20ClN3O. The SMILES string of the molecule is Cc1ccc(NC(=O)N2Cc3ccccc3-n3cccc3[C@H]2C)c(Cl)c1. The van der Waals surface area contributed by atoms with Crippen LogP contribution in [0.15, 0.2) is 60.8 Å². The van der Waals surface area contributed by atoms with Crippen LogP contribution in [0.2, 0.25) is 5.02 Å². The minimum Gasteiger partial charge on any atom is -0.318 e. The number of hydrogen-bond donors (Lipinski definition) is 1. The first-order valence-corrected chi connectivity index (χ1v) is 9.01. The maximum atomic E-state index is 13.1. The van der Waals surface area contributed by atoms with Gasteiger partial charge in [-0.3, -0.25) is 0 Å². The van der Waals surface area contributed by atoms with E-state index < -0.39 is 0 Å². The number of carbonyl (C=O) groups excluding carboxylic acids is 1. The standard InChI is InChI=1S/C21H20ClN3O/c1-14-9-10-18(17(22)12-14)23-21(26)25-13-16-6-3-4-7-20(16)24-11-5-8-19(24)15(25)2/h3-12,15H,13H2,1-2H3,(H,23,26)/t15-/m1/s1. The molecule has 0 saturated carbocycles. The summed E-state index contributed by atoms with van der Waals surface area (Å²) in [4.78, 5) is 14.9. The van der Waals surface area contributed by atoms with Gasteiger partial charge in [-0.05, 0) is 55.3 Å². The van der Waals surface area contributed by atoms with Gasteiger partial charge in [-0.15, -0.1) is 0 Å². The van der Waals surface area contributed by atoms with Crippen molar-refractivity contribution in [1.82, 2.24) is 9.47 Å². The Bertz CT molecular complexity index is 979. The third-order valence-electron chi connectivity index (χ3n) is 4.89. The highest BCUT2D eigenvalue weighted by atomic mass is 35.5. The lowest BCUT2D eigenvalue weighted by Crippen LogP contribution is -2.36. The summed E-state index contributed by atoms with van der Waals surface area (Å²) in [5.74, 6) is 0. The number of para-hydroxylation sites is 1. The first kappa shape index (κ1) is 16.7. The van der Waals surface area contributed by atoms with Crippen LogP contribution in [-0.4, -0.2) is 15.5 Å². The maximum absolute atomic E-state index is 13.1. The highest BCUT2D eigenvalue weighted by molar-refractivity contribution is 6.33.